The number of nitrogens with two attached hydrogens (primary N) is 1. The van der Waals surface area contributed by atoms with Crippen molar-refractivity contribution in [1.82, 2.24) is 0 Å². The van der Waals surface area contributed by atoms with E-state index in [0.29, 0.717) is 27.9 Å². The molecule has 0 saturated heterocycles. The summed E-state index contributed by atoms with van der Waals surface area (Å²) in [6, 6.07) is 11.7. The zero-order valence-corrected chi connectivity index (χ0v) is 10.9. The Morgan fingerprint density at radius 2 is 1.21 bits per heavy atom. The predicted molar refractivity (Wildman–Crippen MR) is 75.5 cm³/mol. The van der Waals surface area contributed by atoms with Crippen molar-refractivity contribution in [2.45, 2.75) is 13.8 Å². The van der Waals surface area contributed by atoms with E-state index < -0.39 is 0 Å². The molecule has 0 bridgehead atoms. The molecule has 3 rings (SSSR count). The number of carbonyl (C=O) groups is 2. The van der Waals surface area contributed by atoms with Crippen LogP contribution in [0.5, 0.6) is 0 Å². The minimum absolute atomic E-state index is 0.116. The van der Waals surface area contributed by atoms with Crippen molar-refractivity contribution in [1.29, 1.82) is 0 Å². The van der Waals surface area contributed by atoms with Crippen molar-refractivity contribution in [3.8, 4) is 0 Å². The van der Waals surface area contributed by atoms with Gasteiger partial charge in [0.05, 0.1) is 0 Å². The zero-order chi connectivity index (χ0) is 14.0. The topological polar surface area (TPSA) is 60.2 Å². The Bertz CT molecular complexity index is 660. The first-order chi connectivity index (χ1) is 9.18. The molecule has 0 unspecified atom stereocenters. The highest BCUT2D eigenvalue weighted by atomic mass is 16.1. The molecule has 1 aliphatic carbocycles. The van der Waals surface area contributed by atoms with E-state index in [9.17, 15) is 9.59 Å². The second-order valence-electron chi connectivity index (χ2n) is 4.01. The summed E-state index contributed by atoms with van der Waals surface area (Å²) in [6.07, 6.45) is 0. The van der Waals surface area contributed by atoms with E-state index in [0.717, 1.165) is 0 Å². The van der Waals surface area contributed by atoms with Crippen molar-refractivity contribution in [3.05, 3.63) is 64.7 Å². The number of benzene rings is 2. The molecule has 3 nitrogen and oxygen atoms in total. The van der Waals surface area contributed by atoms with Gasteiger partial charge in [-0.3, -0.25) is 9.59 Å². The van der Waals surface area contributed by atoms with Gasteiger partial charge in [0.25, 0.3) is 0 Å². The first kappa shape index (κ1) is 13.0. The lowest BCUT2D eigenvalue weighted by Crippen LogP contribution is -2.20. The largest absolute Gasteiger partial charge is 0.399 e. The van der Waals surface area contributed by atoms with E-state index in [1.165, 1.54) is 0 Å². The van der Waals surface area contributed by atoms with Gasteiger partial charge >= 0.3 is 0 Å². The van der Waals surface area contributed by atoms with Gasteiger partial charge in [0.2, 0.25) is 0 Å². The number of carbonyl (C=O) groups excluding carboxylic acids is 2. The van der Waals surface area contributed by atoms with E-state index in [4.69, 9.17) is 5.73 Å². The molecule has 0 radical (unpaired) electrons. The van der Waals surface area contributed by atoms with E-state index in [1.54, 1.807) is 42.5 Å². The molecule has 0 aromatic heterocycles. The third kappa shape index (κ3) is 2.03. The van der Waals surface area contributed by atoms with E-state index >= 15 is 0 Å². The maximum atomic E-state index is 12.2. The number of fused-ring (bicyclic) bond motifs is 2. The zero-order valence-electron chi connectivity index (χ0n) is 10.9. The van der Waals surface area contributed by atoms with Gasteiger partial charge in [0.15, 0.2) is 11.6 Å². The minimum atomic E-state index is -0.137. The summed E-state index contributed by atoms with van der Waals surface area (Å²) in [5.41, 5.74) is 7.89. The number of anilines is 1. The molecule has 1 aliphatic rings. The first-order valence-electron chi connectivity index (χ1n) is 6.26. The number of hydrogen-bond acceptors (Lipinski definition) is 3. The van der Waals surface area contributed by atoms with Crippen LogP contribution in [-0.2, 0) is 0 Å². The van der Waals surface area contributed by atoms with Gasteiger partial charge in [0, 0.05) is 27.9 Å². The third-order valence-corrected chi connectivity index (χ3v) is 2.95. The lowest BCUT2D eigenvalue weighted by atomic mass is 9.84. The Balaban J connectivity index is 0.000000637. The van der Waals surface area contributed by atoms with Gasteiger partial charge < -0.3 is 5.73 Å². The van der Waals surface area contributed by atoms with Crippen LogP contribution in [0, 0.1) is 0 Å². The normalized spacial score (nSPS) is 12.1. The summed E-state index contributed by atoms with van der Waals surface area (Å²) in [7, 11) is 0. The standard InChI is InChI=1S/C14H9NO2.C2H6/c15-8-5-6-11-12(7-8)14(17)10-4-2-1-3-9(10)13(11)16;1-2/h1-7H,15H2;1-2H3. The van der Waals surface area contributed by atoms with Crippen LogP contribution in [0.25, 0.3) is 0 Å². The maximum Gasteiger partial charge on any atom is 0.194 e. The van der Waals surface area contributed by atoms with Crippen LogP contribution >= 0.6 is 0 Å². The molecule has 2 aromatic rings. The smallest absolute Gasteiger partial charge is 0.194 e. The Hall–Kier alpha value is -2.42. The SMILES string of the molecule is CC.Nc1ccc2c(c1)C(=O)c1ccccc1C2=O. The van der Waals surface area contributed by atoms with E-state index in [1.807, 2.05) is 13.8 Å². The molecule has 3 heteroatoms. The third-order valence-electron chi connectivity index (χ3n) is 2.95. The van der Waals surface area contributed by atoms with Crippen LogP contribution in [0.3, 0.4) is 0 Å². The molecule has 2 aromatic carbocycles. The van der Waals surface area contributed by atoms with Crippen molar-refractivity contribution in [2.75, 3.05) is 5.73 Å². The monoisotopic (exact) mass is 253 g/mol. The number of nitrogen functional groups attached to an aromatic ring is 1. The molecule has 19 heavy (non-hydrogen) atoms. The average Bonchev–Trinajstić information content (AvgIpc) is 2.47. The summed E-state index contributed by atoms with van der Waals surface area (Å²) < 4.78 is 0. The van der Waals surface area contributed by atoms with Crippen LogP contribution in [0.4, 0.5) is 5.69 Å². The Morgan fingerprint density at radius 1 is 0.737 bits per heavy atom. The summed E-state index contributed by atoms with van der Waals surface area (Å²) in [5, 5.41) is 0. The molecule has 96 valence electrons. The van der Waals surface area contributed by atoms with E-state index in [-0.39, 0.29) is 11.6 Å². The number of hydrogen-bond donors (Lipinski definition) is 1. The molecule has 0 heterocycles. The maximum absolute atomic E-state index is 12.2. The number of ketones is 2. The van der Waals surface area contributed by atoms with Crippen molar-refractivity contribution in [2.24, 2.45) is 0 Å². The van der Waals surface area contributed by atoms with Gasteiger partial charge in [-0.05, 0) is 18.2 Å². The fourth-order valence-electron chi connectivity index (χ4n) is 2.12. The fourth-order valence-corrected chi connectivity index (χ4v) is 2.12. The van der Waals surface area contributed by atoms with E-state index in [2.05, 4.69) is 0 Å². The molecule has 0 aliphatic heterocycles. The Kier molecular flexibility index (Phi) is 3.47. The number of rotatable bonds is 0. The summed E-state index contributed by atoms with van der Waals surface area (Å²) >= 11 is 0. The highest BCUT2D eigenvalue weighted by Gasteiger charge is 2.28. The molecular formula is C16H15NO2. The van der Waals surface area contributed by atoms with Crippen LogP contribution < -0.4 is 5.73 Å². The Labute approximate surface area is 112 Å². The van der Waals surface area contributed by atoms with Gasteiger partial charge in [0.1, 0.15) is 0 Å². The highest BCUT2D eigenvalue weighted by Crippen LogP contribution is 2.28. The van der Waals surface area contributed by atoms with Crippen molar-refractivity contribution < 1.29 is 9.59 Å². The van der Waals surface area contributed by atoms with Gasteiger partial charge in [-0.1, -0.05) is 38.1 Å². The minimum Gasteiger partial charge on any atom is -0.399 e. The molecule has 0 fully saturated rings. The first-order valence-corrected chi connectivity index (χ1v) is 6.26. The summed E-state index contributed by atoms with van der Waals surface area (Å²) in [4.78, 5) is 24.4. The molecule has 0 amide bonds. The van der Waals surface area contributed by atoms with Crippen LogP contribution in [0.15, 0.2) is 42.5 Å². The molecule has 0 atom stereocenters. The van der Waals surface area contributed by atoms with Crippen LogP contribution in [0.1, 0.15) is 45.7 Å². The molecular weight excluding hydrogens is 238 g/mol. The predicted octanol–water partition coefficient (Wildman–Crippen LogP) is 3.07. The lowest BCUT2D eigenvalue weighted by Gasteiger charge is -2.17. The van der Waals surface area contributed by atoms with Crippen LogP contribution in [-0.4, -0.2) is 11.6 Å². The second kappa shape index (κ2) is 5.06. The second-order valence-corrected chi connectivity index (χ2v) is 4.01. The quantitative estimate of drug-likeness (QED) is 0.626. The Morgan fingerprint density at radius 3 is 1.79 bits per heavy atom. The molecule has 2 N–H and O–H groups in total. The van der Waals surface area contributed by atoms with Gasteiger partial charge in [-0.2, -0.15) is 0 Å². The van der Waals surface area contributed by atoms with Crippen molar-refractivity contribution in [3.63, 3.8) is 0 Å². The van der Waals surface area contributed by atoms with Crippen LogP contribution in [0.2, 0.25) is 0 Å². The summed E-state index contributed by atoms with van der Waals surface area (Å²) in [5.74, 6) is -0.252. The highest BCUT2D eigenvalue weighted by molar-refractivity contribution is 6.28. The van der Waals surface area contributed by atoms with Gasteiger partial charge in [-0.25, -0.2) is 0 Å². The fraction of sp³-hybridized carbons (Fsp3) is 0.125. The van der Waals surface area contributed by atoms with Crippen molar-refractivity contribution >= 4 is 17.3 Å². The van der Waals surface area contributed by atoms with Gasteiger partial charge in [-0.15, -0.1) is 0 Å². The summed E-state index contributed by atoms with van der Waals surface area (Å²) in [6.45, 7) is 4.00. The average molecular weight is 253 g/mol. The molecule has 0 spiro atoms. The molecule has 0 saturated carbocycles. The lowest BCUT2D eigenvalue weighted by molar-refractivity contribution is 0.0979.